The van der Waals surface area contributed by atoms with Crippen LogP contribution < -0.4 is 0 Å². The summed E-state index contributed by atoms with van der Waals surface area (Å²) in [6.45, 7) is 8.74. The Morgan fingerprint density at radius 2 is 1.82 bits per heavy atom. The fourth-order valence-corrected chi connectivity index (χ4v) is 1.97. The van der Waals surface area contributed by atoms with Crippen LogP contribution in [-0.4, -0.2) is 23.1 Å². The number of carbonyl (C=O) groups excluding carboxylic acids is 1. The Bertz CT molecular complexity index is 417. The van der Waals surface area contributed by atoms with Crippen LogP contribution in [0.3, 0.4) is 0 Å². The monoisotopic (exact) mass is 233 g/mol. The highest BCUT2D eigenvalue weighted by atomic mass is 16.6. The van der Waals surface area contributed by atoms with E-state index in [4.69, 9.17) is 4.74 Å². The largest absolute Gasteiger partial charge is 0.439 e. The van der Waals surface area contributed by atoms with Crippen molar-refractivity contribution < 1.29 is 9.53 Å². The van der Waals surface area contributed by atoms with Crippen LogP contribution in [0.15, 0.2) is 24.3 Å². The van der Waals surface area contributed by atoms with Gasteiger partial charge in [-0.15, -0.1) is 0 Å². The van der Waals surface area contributed by atoms with Crippen LogP contribution in [0.4, 0.5) is 4.79 Å². The number of cyclic esters (lactones) is 1. The minimum absolute atomic E-state index is 0.137. The molecule has 1 aromatic rings. The van der Waals surface area contributed by atoms with Crippen LogP contribution in [0.25, 0.3) is 0 Å². The molecule has 3 heteroatoms. The molecule has 1 aliphatic rings. The SMILES string of the molecule is Cc1ccc(C2CN(C(C)(C)C)C(=O)O2)cc1. The van der Waals surface area contributed by atoms with Crippen LogP contribution in [-0.2, 0) is 4.74 Å². The van der Waals surface area contributed by atoms with Gasteiger partial charge in [0.15, 0.2) is 0 Å². The van der Waals surface area contributed by atoms with Crippen molar-refractivity contribution in [3.63, 3.8) is 0 Å². The number of rotatable bonds is 1. The molecule has 3 nitrogen and oxygen atoms in total. The summed E-state index contributed by atoms with van der Waals surface area (Å²) >= 11 is 0. The molecule has 0 bridgehead atoms. The van der Waals surface area contributed by atoms with Crippen LogP contribution in [0.5, 0.6) is 0 Å². The van der Waals surface area contributed by atoms with E-state index in [-0.39, 0.29) is 17.7 Å². The van der Waals surface area contributed by atoms with E-state index in [1.807, 2.05) is 52.0 Å². The van der Waals surface area contributed by atoms with Gasteiger partial charge in [-0.2, -0.15) is 0 Å². The molecule has 1 aliphatic heterocycles. The van der Waals surface area contributed by atoms with Crippen molar-refractivity contribution in [1.29, 1.82) is 0 Å². The Kier molecular flexibility index (Phi) is 2.86. The summed E-state index contributed by atoms with van der Waals surface area (Å²) < 4.78 is 5.41. The van der Waals surface area contributed by atoms with Crippen LogP contribution in [0, 0.1) is 6.92 Å². The van der Waals surface area contributed by atoms with E-state index in [0.717, 1.165) is 5.56 Å². The second-order valence-electron chi connectivity index (χ2n) is 5.56. The minimum atomic E-state index is -0.219. The maximum absolute atomic E-state index is 11.8. The van der Waals surface area contributed by atoms with Crippen molar-refractivity contribution in [2.45, 2.75) is 39.3 Å². The third-order valence-electron chi connectivity index (χ3n) is 3.07. The first kappa shape index (κ1) is 12.0. The molecule has 0 radical (unpaired) electrons. The van der Waals surface area contributed by atoms with Gasteiger partial charge in [-0.3, -0.25) is 4.90 Å². The van der Waals surface area contributed by atoms with Gasteiger partial charge in [-0.25, -0.2) is 4.79 Å². The van der Waals surface area contributed by atoms with Crippen LogP contribution >= 0.6 is 0 Å². The lowest BCUT2D eigenvalue weighted by Gasteiger charge is -2.29. The molecular formula is C14H19NO2. The smallest absolute Gasteiger partial charge is 0.411 e. The number of aryl methyl sites for hydroxylation is 1. The fourth-order valence-electron chi connectivity index (χ4n) is 1.97. The molecule has 0 spiro atoms. The van der Waals surface area contributed by atoms with Crippen molar-refractivity contribution in [3.05, 3.63) is 35.4 Å². The number of hydrogen-bond acceptors (Lipinski definition) is 2. The molecule has 0 aliphatic carbocycles. The second-order valence-corrected chi connectivity index (χ2v) is 5.56. The van der Waals surface area contributed by atoms with Crippen molar-refractivity contribution in [1.82, 2.24) is 4.90 Å². The average Bonchev–Trinajstić information content (AvgIpc) is 2.61. The van der Waals surface area contributed by atoms with E-state index in [0.29, 0.717) is 6.54 Å². The molecule has 1 fully saturated rings. The lowest BCUT2D eigenvalue weighted by atomic mass is 10.0. The van der Waals surface area contributed by atoms with Gasteiger partial charge in [-0.1, -0.05) is 29.8 Å². The standard InChI is InChI=1S/C14H19NO2/c1-10-5-7-11(8-6-10)12-9-15(13(16)17-12)14(2,3)4/h5-8,12H,9H2,1-4H3. The predicted octanol–water partition coefficient (Wildman–Crippen LogP) is 3.29. The zero-order chi connectivity index (χ0) is 12.6. The lowest BCUT2D eigenvalue weighted by molar-refractivity contribution is 0.120. The van der Waals surface area contributed by atoms with E-state index in [1.54, 1.807) is 4.90 Å². The topological polar surface area (TPSA) is 29.5 Å². The van der Waals surface area contributed by atoms with Crippen molar-refractivity contribution >= 4 is 6.09 Å². The first-order chi connectivity index (χ1) is 7.88. The molecule has 92 valence electrons. The van der Waals surface area contributed by atoms with Gasteiger partial charge < -0.3 is 4.74 Å². The molecule has 0 N–H and O–H groups in total. The maximum atomic E-state index is 11.8. The van der Waals surface area contributed by atoms with E-state index in [1.165, 1.54) is 5.56 Å². The molecule has 0 saturated carbocycles. The van der Waals surface area contributed by atoms with Crippen molar-refractivity contribution in [3.8, 4) is 0 Å². The number of benzene rings is 1. The van der Waals surface area contributed by atoms with E-state index in [9.17, 15) is 4.79 Å². The second kappa shape index (κ2) is 4.06. The first-order valence-electron chi connectivity index (χ1n) is 5.93. The summed E-state index contributed by atoms with van der Waals surface area (Å²) in [6.07, 6.45) is -0.356. The molecule has 1 atom stereocenters. The normalized spacial score (nSPS) is 20.6. The highest BCUT2D eigenvalue weighted by Crippen LogP contribution is 2.30. The average molecular weight is 233 g/mol. The van der Waals surface area contributed by atoms with Gasteiger partial charge >= 0.3 is 6.09 Å². The summed E-state index contributed by atoms with van der Waals surface area (Å²) in [7, 11) is 0. The van der Waals surface area contributed by atoms with Gasteiger partial charge in [0, 0.05) is 5.54 Å². The fraction of sp³-hybridized carbons (Fsp3) is 0.500. The van der Waals surface area contributed by atoms with Crippen molar-refractivity contribution in [2.75, 3.05) is 6.54 Å². The first-order valence-corrected chi connectivity index (χ1v) is 5.93. The number of ether oxygens (including phenoxy) is 1. The zero-order valence-corrected chi connectivity index (χ0v) is 10.9. The Labute approximate surface area is 102 Å². The summed E-state index contributed by atoms with van der Waals surface area (Å²) in [5, 5.41) is 0. The van der Waals surface area contributed by atoms with Gasteiger partial charge in [-0.05, 0) is 33.3 Å². The third-order valence-corrected chi connectivity index (χ3v) is 3.07. The van der Waals surface area contributed by atoms with E-state index < -0.39 is 0 Å². The summed E-state index contributed by atoms with van der Waals surface area (Å²) in [4.78, 5) is 13.6. The summed E-state index contributed by atoms with van der Waals surface area (Å²) in [5.74, 6) is 0. The Morgan fingerprint density at radius 1 is 1.24 bits per heavy atom. The molecule has 1 aromatic carbocycles. The Hall–Kier alpha value is -1.51. The summed E-state index contributed by atoms with van der Waals surface area (Å²) in [6, 6.07) is 8.14. The highest BCUT2D eigenvalue weighted by Gasteiger charge is 2.38. The van der Waals surface area contributed by atoms with Crippen molar-refractivity contribution in [2.24, 2.45) is 0 Å². The quantitative estimate of drug-likeness (QED) is 0.745. The van der Waals surface area contributed by atoms with Crippen LogP contribution in [0.1, 0.15) is 38.0 Å². The molecular weight excluding hydrogens is 214 g/mol. The Balaban J connectivity index is 2.17. The molecule has 0 aromatic heterocycles. The highest BCUT2D eigenvalue weighted by molar-refractivity contribution is 5.71. The third kappa shape index (κ3) is 2.43. The minimum Gasteiger partial charge on any atom is -0.439 e. The zero-order valence-electron chi connectivity index (χ0n) is 10.9. The van der Waals surface area contributed by atoms with Crippen LogP contribution in [0.2, 0.25) is 0 Å². The Morgan fingerprint density at radius 3 is 2.29 bits per heavy atom. The van der Waals surface area contributed by atoms with Gasteiger partial charge in [0.2, 0.25) is 0 Å². The predicted molar refractivity (Wildman–Crippen MR) is 66.9 cm³/mol. The molecule has 1 saturated heterocycles. The van der Waals surface area contributed by atoms with Gasteiger partial charge in [0.05, 0.1) is 6.54 Å². The lowest BCUT2D eigenvalue weighted by Crippen LogP contribution is -2.41. The number of carbonyl (C=O) groups is 1. The number of nitrogens with zero attached hydrogens (tertiary/aromatic N) is 1. The molecule has 2 rings (SSSR count). The molecule has 17 heavy (non-hydrogen) atoms. The number of hydrogen-bond donors (Lipinski definition) is 0. The molecule has 1 amide bonds. The molecule has 1 heterocycles. The van der Waals surface area contributed by atoms with Gasteiger partial charge in [0.1, 0.15) is 6.10 Å². The number of amides is 1. The van der Waals surface area contributed by atoms with Gasteiger partial charge in [0.25, 0.3) is 0 Å². The molecule has 1 unspecified atom stereocenters. The summed E-state index contributed by atoms with van der Waals surface area (Å²) in [5.41, 5.74) is 2.10. The van der Waals surface area contributed by atoms with E-state index in [2.05, 4.69) is 0 Å². The van der Waals surface area contributed by atoms with E-state index >= 15 is 0 Å². The maximum Gasteiger partial charge on any atom is 0.411 e.